The number of nitrogens with zero attached hydrogens (tertiary/aromatic N) is 1. The largest absolute Gasteiger partial charge is 0.466 e. The Bertz CT molecular complexity index is 633. The lowest BCUT2D eigenvalue weighted by molar-refractivity contribution is -0.143. The van der Waals surface area contributed by atoms with E-state index in [2.05, 4.69) is 4.74 Å². The lowest BCUT2D eigenvalue weighted by Crippen LogP contribution is -2.16. The zero-order valence-corrected chi connectivity index (χ0v) is 12.3. The number of benzene rings is 1. The molecule has 0 aliphatic rings. The summed E-state index contributed by atoms with van der Waals surface area (Å²) in [6.45, 7) is 1.38. The fourth-order valence-corrected chi connectivity index (χ4v) is 2.57. The van der Waals surface area contributed by atoms with Crippen LogP contribution in [0.2, 0.25) is 0 Å². The smallest absolute Gasteiger partial charge is 0.446 e. The highest BCUT2D eigenvalue weighted by Crippen LogP contribution is 2.46. The van der Waals surface area contributed by atoms with Crippen molar-refractivity contribution in [2.75, 3.05) is 6.61 Å². The van der Waals surface area contributed by atoms with Gasteiger partial charge in [0.15, 0.2) is 0 Å². The summed E-state index contributed by atoms with van der Waals surface area (Å²) in [4.78, 5) is 10.2. The Morgan fingerprint density at radius 3 is 2.30 bits per heavy atom. The summed E-state index contributed by atoms with van der Waals surface area (Å²) in [6, 6.07) is 2.84. The molecule has 23 heavy (non-hydrogen) atoms. The van der Waals surface area contributed by atoms with Crippen molar-refractivity contribution in [1.82, 2.24) is 0 Å². The SMILES string of the molecule is CCOC(=O)Cc1ccc(C#N)c(C(F)(F)F)c1SC(F)(F)F. The first kappa shape index (κ1) is 19.2. The van der Waals surface area contributed by atoms with Crippen LogP contribution in [-0.4, -0.2) is 18.1 Å². The number of halogens is 6. The van der Waals surface area contributed by atoms with E-state index in [-0.39, 0.29) is 6.61 Å². The van der Waals surface area contributed by atoms with Gasteiger partial charge in [-0.3, -0.25) is 4.79 Å². The van der Waals surface area contributed by atoms with Crippen molar-refractivity contribution in [2.24, 2.45) is 0 Å². The van der Waals surface area contributed by atoms with Gasteiger partial charge >= 0.3 is 17.7 Å². The molecule has 0 radical (unpaired) electrons. The number of hydrogen-bond donors (Lipinski definition) is 0. The first-order chi connectivity index (χ1) is 10.5. The molecule has 0 aliphatic heterocycles. The fraction of sp³-hybridized carbons (Fsp3) is 0.385. The average Bonchev–Trinajstić information content (AvgIpc) is 2.37. The molecule has 126 valence electrons. The van der Waals surface area contributed by atoms with Gasteiger partial charge in [0.2, 0.25) is 0 Å². The van der Waals surface area contributed by atoms with E-state index in [1.807, 2.05) is 0 Å². The summed E-state index contributed by atoms with van der Waals surface area (Å²) in [6.07, 6.45) is -5.94. The maximum absolute atomic E-state index is 13.1. The average molecular weight is 357 g/mol. The Morgan fingerprint density at radius 2 is 1.87 bits per heavy atom. The summed E-state index contributed by atoms with van der Waals surface area (Å²) in [5.41, 5.74) is -8.17. The van der Waals surface area contributed by atoms with Crippen LogP contribution in [-0.2, 0) is 22.1 Å². The number of esters is 1. The second kappa shape index (κ2) is 7.12. The van der Waals surface area contributed by atoms with Crippen molar-refractivity contribution < 1.29 is 35.9 Å². The molecule has 1 rings (SSSR count). The minimum absolute atomic E-state index is 0.0665. The molecular weight excluding hydrogens is 348 g/mol. The number of nitriles is 1. The topological polar surface area (TPSA) is 50.1 Å². The van der Waals surface area contributed by atoms with Crippen LogP contribution < -0.4 is 0 Å². The van der Waals surface area contributed by atoms with Crippen LogP contribution in [0.1, 0.15) is 23.6 Å². The van der Waals surface area contributed by atoms with Crippen molar-refractivity contribution in [3.8, 4) is 6.07 Å². The number of carbonyl (C=O) groups is 1. The summed E-state index contributed by atoms with van der Waals surface area (Å²) in [5, 5.41) is 8.73. The predicted octanol–water partition coefficient (Wildman–Crippen LogP) is 4.29. The summed E-state index contributed by atoms with van der Waals surface area (Å²) in [7, 11) is 0. The molecule has 0 spiro atoms. The molecule has 1 aromatic rings. The lowest BCUT2D eigenvalue weighted by Gasteiger charge is -2.18. The minimum Gasteiger partial charge on any atom is -0.466 e. The monoisotopic (exact) mass is 357 g/mol. The van der Waals surface area contributed by atoms with Crippen molar-refractivity contribution in [2.45, 2.75) is 29.9 Å². The quantitative estimate of drug-likeness (QED) is 0.458. The maximum atomic E-state index is 13.1. The van der Waals surface area contributed by atoms with Gasteiger partial charge in [-0.15, -0.1) is 0 Å². The Labute approximate surface area is 131 Å². The van der Waals surface area contributed by atoms with Crippen LogP contribution in [0.3, 0.4) is 0 Å². The first-order valence-electron chi connectivity index (χ1n) is 6.04. The van der Waals surface area contributed by atoms with Gasteiger partial charge in [0.05, 0.1) is 30.2 Å². The number of rotatable bonds is 4. The number of hydrogen-bond acceptors (Lipinski definition) is 4. The van der Waals surface area contributed by atoms with E-state index >= 15 is 0 Å². The zero-order chi connectivity index (χ0) is 17.8. The Hall–Kier alpha value is -1.89. The van der Waals surface area contributed by atoms with E-state index in [1.165, 1.54) is 13.0 Å². The van der Waals surface area contributed by atoms with Gasteiger partial charge in [-0.2, -0.15) is 31.6 Å². The molecule has 0 bridgehead atoms. The van der Waals surface area contributed by atoms with Crippen molar-refractivity contribution in [1.29, 1.82) is 5.26 Å². The van der Waals surface area contributed by atoms with E-state index in [9.17, 15) is 31.1 Å². The maximum Gasteiger partial charge on any atom is 0.446 e. The highest BCUT2D eigenvalue weighted by Gasteiger charge is 2.42. The number of carbonyl (C=O) groups excluding carboxylic acids is 1. The fourth-order valence-electron chi connectivity index (χ4n) is 1.74. The molecule has 0 fully saturated rings. The normalized spacial score (nSPS) is 11.9. The van der Waals surface area contributed by atoms with E-state index in [0.29, 0.717) is 0 Å². The summed E-state index contributed by atoms with van der Waals surface area (Å²) >= 11 is -1.01. The molecule has 0 saturated heterocycles. The Kier molecular flexibility index (Phi) is 5.93. The molecule has 0 unspecified atom stereocenters. The Balaban J connectivity index is 3.52. The highest BCUT2D eigenvalue weighted by molar-refractivity contribution is 8.00. The van der Waals surface area contributed by atoms with Crippen LogP contribution in [0.5, 0.6) is 0 Å². The third kappa shape index (κ3) is 5.35. The van der Waals surface area contributed by atoms with E-state index in [0.717, 1.165) is 12.1 Å². The van der Waals surface area contributed by atoms with Gasteiger partial charge in [0.1, 0.15) is 0 Å². The van der Waals surface area contributed by atoms with Crippen LogP contribution in [0.4, 0.5) is 26.3 Å². The van der Waals surface area contributed by atoms with Crippen LogP contribution in [0, 0.1) is 11.3 Å². The lowest BCUT2D eigenvalue weighted by atomic mass is 10.0. The van der Waals surface area contributed by atoms with Crippen molar-refractivity contribution >= 4 is 17.7 Å². The molecule has 0 heterocycles. The molecule has 0 atom stereocenters. The summed E-state index contributed by atoms with van der Waals surface area (Å²) in [5.74, 6) is -0.964. The second-order valence-electron chi connectivity index (χ2n) is 4.12. The molecular formula is C13H9F6NO2S. The van der Waals surface area contributed by atoms with Crippen molar-refractivity contribution in [3.63, 3.8) is 0 Å². The van der Waals surface area contributed by atoms with Gasteiger partial charge in [0, 0.05) is 4.90 Å². The van der Waals surface area contributed by atoms with Gasteiger partial charge in [-0.25, -0.2) is 0 Å². The molecule has 0 saturated carbocycles. The number of alkyl halides is 6. The number of thioether (sulfide) groups is 1. The zero-order valence-electron chi connectivity index (χ0n) is 11.5. The van der Waals surface area contributed by atoms with Crippen LogP contribution in [0.25, 0.3) is 0 Å². The molecule has 0 amide bonds. The van der Waals surface area contributed by atoms with Gasteiger partial charge in [-0.1, -0.05) is 6.07 Å². The molecule has 0 N–H and O–H groups in total. The van der Waals surface area contributed by atoms with Gasteiger partial charge in [-0.05, 0) is 30.3 Å². The van der Waals surface area contributed by atoms with E-state index in [1.54, 1.807) is 0 Å². The Morgan fingerprint density at radius 1 is 1.26 bits per heavy atom. The standard InChI is InChI=1S/C13H9F6NO2S/c1-2-22-9(21)5-7-3-4-8(6-20)10(12(14,15)16)11(7)23-13(17,18)19/h3-4H,2,5H2,1H3. The first-order valence-corrected chi connectivity index (χ1v) is 6.85. The molecule has 3 nitrogen and oxygen atoms in total. The third-order valence-corrected chi connectivity index (χ3v) is 3.40. The van der Waals surface area contributed by atoms with E-state index < -0.39 is 57.4 Å². The molecule has 10 heteroatoms. The van der Waals surface area contributed by atoms with Crippen LogP contribution in [0.15, 0.2) is 17.0 Å². The van der Waals surface area contributed by atoms with Crippen molar-refractivity contribution in [3.05, 3.63) is 28.8 Å². The molecule has 1 aromatic carbocycles. The summed E-state index contributed by atoms with van der Waals surface area (Å²) < 4.78 is 81.6. The number of ether oxygens (including phenoxy) is 1. The molecule has 0 aliphatic carbocycles. The van der Waals surface area contributed by atoms with Gasteiger partial charge < -0.3 is 4.74 Å². The predicted molar refractivity (Wildman–Crippen MR) is 68.4 cm³/mol. The molecule has 0 aromatic heterocycles. The minimum atomic E-state index is -5.18. The van der Waals surface area contributed by atoms with Crippen LogP contribution >= 0.6 is 11.8 Å². The van der Waals surface area contributed by atoms with E-state index in [4.69, 9.17) is 5.26 Å². The highest BCUT2D eigenvalue weighted by atomic mass is 32.2. The van der Waals surface area contributed by atoms with Gasteiger partial charge in [0.25, 0.3) is 0 Å². The third-order valence-electron chi connectivity index (χ3n) is 2.50. The second-order valence-corrected chi connectivity index (χ2v) is 5.19.